The van der Waals surface area contributed by atoms with Gasteiger partial charge in [-0.25, -0.2) is 0 Å². The summed E-state index contributed by atoms with van der Waals surface area (Å²) in [4.78, 5) is 12.4. The lowest BCUT2D eigenvalue weighted by molar-refractivity contribution is 0.0923. The molecule has 5 heteroatoms. The second kappa shape index (κ2) is 5.69. The maximum atomic E-state index is 12.4. The fourth-order valence-electron chi connectivity index (χ4n) is 3.11. The van der Waals surface area contributed by atoms with Crippen LogP contribution in [0.4, 0.5) is 0 Å². The number of nitrogens with one attached hydrogen (secondary N) is 2. The average molecular weight is 435 g/mol. The SMILES string of the molecule is O=C(NC1CC2CCC(C1)N2)c1cc(Br)ccc1I. The van der Waals surface area contributed by atoms with E-state index >= 15 is 0 Å². The maximum Gasteiger partial charge on any atom is 0.252 e. The second-order valence-electron chi connectivity index (χ2n) is 5.40. The molecule has 0 aliphatic carbocycles. The Bertz CT molecular complexity index is 496. The van der Waals surface area contributed by atoms with Gasteiger partial charge in [0.25, 0.3) is 5.91 Å². The average Bonchev–Trinajstić information content (AvgIpc) is 2.71. The Morgan fingerprint density at radius 1 is 1.32 bits per heavy atom. The molecule has 2 aliphatic rings. The van der Waals surface area contributed by atoms with Crippen LogP contribution in [0.3, 0.4) is 0 Å². The molecule has 2 unspecified atom stereocenters. The first-order valence-corrected chi connectivity index (χ1v) is 8.51. The lowest BCUT2D eigenvalue weighted by atomic mass is 9.99. The summed E-state index contributed by atoms with van der Waals surface area (Å²) in [5.41, 5.74) is 0.765. The first-order valence-electron chi connectivity index (χ1n) is 6.64. The molecule has 2 heterocycles. The van der Waals surface area contributed by atoms with Crippen molar-refractivity contribution in [3.8, 4) is 0 Å². The first kappa shape index (κ1) is 13.8. The molecule has 2 saturated heterocycles. The van der Waals surface area contributed by atoms with E-state index in [1.165, 1.54) is 12.8 Å². The van der Waals surface area contributed by atoms with Crippen LogP contribution < -0.4 is 10.6 Å². The summed E-state index contributed by atoms with van der Waals surface area (Å²) in [6, 6.07) is 7.35. The number of amides is 1. The van der Waals surface area contributed by atoms with Gasteiger partial charge in [-0.1, -0.05) is 15.9 Å². The second-order valence-corrected chi connectivity index (χ2v) is 7.48. The van der Waals surface area contributed by atoms with E-state index in [-0.39, 0.29) is 5.91 Å². The fourth-order valence-corrected chi connectivity index (χ4v) is 4.05. The largest absolute Gasteiger partial charge is 0.349 e. The Morgan fingerprint density at radius 3 is 2.68 bits per heavy atom. The highest BCUT2D eigenvalue weighted by Crippen LogP contribution is 2.27. The Morgan fingerprint density at radius 2 is 2.00 bits per heavy atom. The van der Waals surface area contributed by atoms with E-state index in [4.69, 9.17) is 0 Å². The van der Waals surface area contributed by atoms with Crippen LogP contribution in [0.5, 0.6) is 0 Å². The van der Waals surface area contributed by atoms with Crippen molar-refractivity contribution in [2.75, 3.05) is 0 Å². The van der Waals surface area contributed by atoms with Gasteiger partial charge in [-0.05, 0) is 66.5 Å². The zero-order chi connectivity index (χ0) is 13.4. The molecule has 102 valence electrons. The van der Waals surface area contributed by atoms with Crippen molar-refractivity contribution < 1.29 is 4.79 Å². The molecule has 3 rings (SSSR count). The molecule has 1 amide bonds. The lowest BCUT2D eigenvalue weighted by Gasteiger charge is -2.29. The molecular weight excluding hydrogens is 419 g/mol. The first-order chi connectivity index (χ1) is 9.11. The molecule has 0 saturated carbocycles. The number of rotatable bonds is 2. The molecular formula is C14H16BrIN2O. The molecule has 2 aliphatic heterocycles. The van der Waals surface area contributed by atoms with E-state index < -0.39 is 0 Å². The van der Waals surface area contributed by atoms with Gasteiger partial charge in [0.05, 0.1) is 5.56 Å². The summed E-state index contributed by atoms with van der Waals surface area (Å²) in [5, 5.41) is 6.79. The maximum absolute atomic E-state index is 12.4. The van der Waals surface area contributed by atoms with Gasteiger partial charge in [-0.3, -0.25) is 4.79 Å². The summed E-state index contributed by atoms with van der Waals surface area (Å²) in [5.74, 6) is 0.0528. The zero-order valence-electron chi connectivity index (χ0n) is 10.5. The van der Waals surface area contributed by atoms with Gasteiger partial charge in [0.15, 0.2) is 0 Å². The summed E-state index contributed by atoms with van der Waals surface area (Å²) in [7, 11) is 0. The third-order valence-electron chi connectivity index (χ3n) is 3.98. The highest BCUT2D eigenvalue weighted by Gasteiger charge is 2.34. The highest BCUT2D eigenvalue weighted by molar-refractivity contribution is 14.1. The molecule has 0 radical (unpaired) electrons. The van der Waals surface area contributed by atoms with E-state index in [9.17, 15) is 4.79 Å². The number of carbonyl (C=O) groups is 1. The minimum Gasteiger partial charge on any atom is -0.349 e. The number of hydrogen-bond acceptors (Lipinski definition) is 2. The predicted molar refractivity (Wildman–Crippen MR) is 87.3 cm³/mol. The normalized spacial score (nSPS) is 29.3. The van der Waals surface area contributed by atoms with Crippen LogP contribution in [-0.2, 0) is 0 Å². The third kappa shape index (κ3) is 3.13. The Kier molecular flexibility index (Phi) is 4.14. The predicted octanol–water partition coefficient (Wildman–Crippen LogP) is 3.07. The van der Waals surface area contributed by atoms with Gasteiger partial charge in [-0.15, -0.1) is 0 Å². The van der Waals surface area contributed by atoms with Crippen LogP contribution >= 0.6 is 38.5 Å². The molecule has 19 heavy (non-hydrogen) atoms. The van der Waals surface area contributed by atoms with E-state index in [1.807, 2.05) is 18.2 Å². The van der Waals surface area contributed by atoms with Crippen LogP contribution in [-0.4, -0.2) is 24.0 Å². The molecule has 3 nitrogen and oxygen atoms in total. The molecule has 0 spiro atoms. The molecule has 2 fully saturated rings. The molecule has 2 bridgehead atoms. The van der Waals surface area contributed by atoms with Crippen molar-refractivity contribution >= 4 is 44.4 Å². The van der Waals surface area contributed by atoms with Gasteiger partial charge >= 0.3 is 0 Å². The molecule has 2 N–H and O–H groups in total. The van der Waals surface area contributed by atoms with Crippen LogP contribution in [0, 0.1) is 3.57 Å². The van der Waals surface area contributed by atoms with E-state index in [0.29, 0.717) is 18.1 Å². The van der Waals surface area contributed by atoms with Crippen LogP contribution in [0.15, 0.2) is 22.7 Å². The Balaban J connectivity index is 1.69. The summed E-state index contributed by atoms with van der Waals surface area (Å²) in [6.07, 6.45) is 4.64. The minimum atomic E-state index is 0.0528. The van der Waals surface area contributed by atoms with Crippen molar-refractivity contribution in [3.63, 3.8) is 0 Å². The highest BCUT2D eigenvalue weighted by atomic mass is 127. The summed E-state index contributed by atoms with van der Waals surface area (Å²) >= 11 is 5.64. The van der Waals surface area contributed by atoms with Crippen molar-refractivity contribution in [2.24, 2.45) is 0 Å². The zero-order valence-corrected chi connectivity index (χ0v) is 14.2. The third-order valence-corrected chi connectivity index (χ3v) is 5.42. The van der Waals surface area contributed by atoms with Gasteiger partial charge in [-0.2, -0.15) is 0 Å². The lowest BCUT2D eigenvalue weighted by Crippen LogP contribution is -2.48. The number of halogens is 2. The Labute approximate surface area is 135 Å². The van der Waals surface area contributed by atoms with Gasteiger partial charge in [0.1, 0.15) is 0 Å². The smallest absolute Gasteiger partial charge is 0.252 e. The van der Waals surface area contributed by atoms with Gasteiger partial charge < -0.3 is 10.6 Å². The van der Waals surface area contributed by atoms with Crippen molar-refractivity contribution in [1.82, 2.24) is 10.6 Å². The number of fused-ring (bicyclic) bond motifs is 2. The molecule has 1 aromatic carbocycles. The molecule has 1 aromatic rings. The number of hydrogen-bond donors (Lipinski definition) is 2. The van der Waals surface area contributed by atoms with Crippen molar-refractivity contribution in [3.05, 3.63) is 31.8 Å². The monoisotopic (exact) mass is 434 g/mol. The minimum absolute atomic E-state index is 0.0528. The standard InChI is InChI=1S/C14H16BrIN2O/c15-8-1-4-13(16)12(5-8)14(19)18-11-6-9-2-3-10(7-11)17-9/h1,4-5,9-11,17H,2-3,6-7H2,(H,18,19). The van der Waals surface area contributed by atoms with Crippen LogP contribution in [0.25, 0.3) is 0 Å². The van der Waals surface area contributed by atoms with Crippen molar-refractivity contribution in [1.29, 1.82) is 0 Å². The Hall–Kier alpha value is -0.140. The van der Waals surface area contributed by atoms with Crippen LogP contribution in [0.1, 0.15) is 36.0 Å². The molecule has 2 atom stereocenters. The number of piperidine rings is 1. The van der Waals surface area contributed by atoms with Crippen LogP contribution in [0.2, 0.25) is 0 Å². The number of carbonyl (C=O) groups excluding carboxylic acids is 1. The van der Waals surface area contributed by atoms with Gasteiger partial charge in [0, 0.05) is 26.2 Å². The molecule has 0 aromatic heterocycles. The quantitative estimate of drug-likeness (QED) is 0.702. The number of benzene rings is 1. The van der Waals surface area contributed by atoms with E-state index in [1.54, 1.807) is 0 Å². The van der Waals surface area contributed by atoms with E-state index in [2.05, 4.69) is 49.2 Å². The van der Waals surface area contributed by atoms with E-state index in [0.717, 1.165) is 26.4 Å². The van der Waals surface area contributed by atoms with Crippen molar-refractivity contribution in [2.45, 2.75) is 43.8 Å². The van der Waals surface area contributed by atoms with Gasteiger partial charge in [0.2, 0.25) is 0 Å². The summed E-state index contributed by atoms with van der Waals surface area (Å²) in [6.45, 7) is 0. The fraction of sp³-hybridized carbons (Fsp3) is 0.500. The topological polar surface area (TPSA) is 41.1 Å². The summed E-state index contributed by atoms with van der Waals surface area (Å²) < 4.78 is 1.94.